The number of amides is 1. The largest absolute Gasteiger partial charge is 0.486 e. The lowest BCUT2D eigenvalue weighted by molar-refractivity contribution is -0.121. The van der Waals surface area contributed by atoms with Crippen LogP contribution in [0.3, 0.4) is 0 Å². The summed E-state index contributed by atoms with van der Waals surface area (Å²) < 4.78 is 17.7. The number of carbonyl (C=O) groups excluding carboxylic acids is 2. The molecule has 0 saturated heterocycles. The fourth-order valence-electron chi connectivity index (χ4n) is 3.45. The number of aromatic nitrogens is 1. The molecule has 0 unspecified atom stereocenters. The molecule has 1 aliphatic heterocycles. The van der Waals surface area contributed by atoms with E-state index in [-0.39, 0.29) is 12.5 Å². The van der Waals surface area contributed by atoms with Crippen LogP contribution in [-0.4, -0.2) is 43.3 Å². The van der Waals surface area contributed by atoms with Gasteiger partial charge in [0, 0.05) is 23.6 Å². The number of benzene rings is 2. The van der Waals surface area contributed by atoms with E-state index in [1.807, 2.05) is 42.5 Å². The summed E-state index contributed by atoms with van der Waals surface area (Å²) in [6, 6.07) is 13.3. The minimum Gasteiger partial charge on any atom is -0.486 e. The first-order chi connectivity index (χ1) is 14.2. The van der Waals surface area contributed by atoms with E-state index < -0.39 is 5.97 Å². The van der Waals surface area contributed by atoms with Gasteiger partial charge in [0.1, 0.15) is 19.8 Å². The molecular weight excluding hydrogens is 372 g/mol. The highest BCUT2D eigenvalue weighted by molar-refractivity contribution is 6.04. The summed E-state index contributed by atoms with van der Waals surface area (Å²) in [5.74, 6) is 0.956. The number of rotatable bonds is 6. The molecule has 0 fully saturated rings. The van der Waals surface area contributed by atoms with Crippen molar-refractivity contribution >= 4 is 22.8 Å². The molecule has 1 aromatic heterocycles. The fraction of sp³-hybridized carbons (Fsp3) is 0.273. The number of hydrogen-bond donors (Lipinski definition) is 1. The Balaban J connectivity index is 1.38. The van der Waals surface area contributed by atoms with E-state index in [0.717, 1.165) is 28.0 Å². The van der Waals surface area contributed by atoms with E-state index in [9.17, 15) is 9.59 Å². The van der Waals surface area contributed by atoms with Gasteiger partial charge in [-0.2, -0.15) is 0 Å². The van der Waals surface area contributed by atoms with Crippen molar-refractivity contribution in [3.05, 3.63) is 59.8 Å². The number of nitrogens with zero attached hydrogens (tertiary/aromatic N) is 1. The van der Waals surface area contributed by atoms with Crippen LogP contribution in [0.2, 0.25) is 0 Å². The molecule has 1 N–H and O–H groups in total. The molecule has 0 saturated carbocycles. The van der Waals surface area contributed by atoms with Gasteiger partial charge in [0.05, 0.1) is 12.7 Å². The van der Waals surface area contributed by atoms with E-state index in [2.05, 4.69) is 5.32 Å². The summed E-state index contributed by atoms with van der Waals surface area (Å²) in [6.45, 7) is 1.74. The van der Waals surface area contributed by atoms with Crippen LogP contribution in [0.25, 0.3) is 10.9 Å². The zero-order valence-corrected chi connectivity index (χ0v) is 16.1. The average molecular weight is 394 g/mol. The lowest BCUT2D eigenvalue weighted by Crippen LogP contribution is -2.29. The highest BCUT2D eigenvalue weighted by Gasteiger charge is 2.16. The third-order valence-corrected chi connectivity index (χ3v) is 4.85. The van der Waals surface area contributed by atoms with Gasteiger partial charge in [-0.1, -0.05) is 24.3 Å². The van der Waals surface area contributed by atoms with E-state index in [4.69, 9.17) is 14.2 Å². The van der Waals surface area contributed by atoms with Gasteiger partial charge < -0.3 is 24.1 Å². The topological polar surface area (TPSA) is 78.8 Å². The molecule has 2 heterocycles. The first-order valence-corrected chi connectivity index (χ1v) is 9.47. The minimum atomic E-state index is -0.418. The van der Waals surface area contributed by atoms with Crippen molar-refractivity contribution in [2.24, 2.45) is 0 Å². The van der Waals surface area contributed by atoms with Gasteiger partial charge in [0.2, 0.25) is 5.91 Å². The fourth-order valence-corrected chi connectivity index (χ4v) is 3.45. The number of ether oxygens (including phenoxy) is 3. The predicted octanol–water partition coefficient (Wildman–Crippen LogP) is 2.56. The molecule has 1 aliphatic rings. The summed E-state index contributed by atoms with van der Waals surface area (Å²) in [4.78, 5) is 24.4. The summed E-state index contributed by atoms with van der Waals surface area (Å²) in [7, 11) is 1.35. The van der Waals surface area contributed by atoms with Crippen molar-refractivity contribution in [2.75, 3.05) is 26.9 Å². The number of nitrogens with one attached hydrogen (secondary N) is 1. The van der Waals surface area contributed by atoms with Crippen LogP contribution in [0.1, 0.15) is 15.9 Å². The predicted molar refractivity (Wildman–Crippen MR) is 107 cm³/mol. The van der Waals surface area contributed by atoms with Gasteiger partial charge in [0.15, 0.2) is 11.5 Å². The molecule has 0 spiro atoms. The Labute approximate surface area is 168 Å². The second-order valence-corrected chi connectivity index (χ2v) is 6.76. The van der Waals surface area contributed by atoms with Gasteiger partial charge in [-0.25, -0.2) is 4.79 Å². The van der Waals surface area contributed by atoms with Crippen LogP contribution in [0, 0.1) is 0 Å². The monoisotopic (exact) mass is 394 g/mol. The summed E-state index contributed by atoms with van der Waals surface area (Å²) in [5, 5.41) is 3.70. The van der Waals surface area contributed by atoms with E-state index >= 15 is 0 Å². The third kappa shape index (κ3) is 4.03. The van der Waals surface area contributed by atoms with Gasteiger partial charge in [-0.05, 0) is 30.2 Å². The number of esters is 1. The lowest BCUT2D eigenvalue weighted by Gasteiger charge is -2.18. The van der Waals surface area contributed by atoms with Gasteiger partial charge in [0.25, 0.3) is 0 Å². The maximum Gasteiger partial charge on any atom is 0.340 e. The quantitative estimate of drug-likeness (QED) is 0.650. The van der Waals surface area contributed by atoms with E-state index in [1.54, 1.807) is 10.8 Å². The van der Waals surface area contributed by atoms with E-state index in [0.29, 0.717) is 31.7 Å². The highest BCUT2D eigenvalue weighted by atomic mass is 16.6. The number of methoxy groups -OCH3 is 1. The lowest BCUT2D eigenvalue weighted by atomic mass is 10.1. The van der Waals surface area contributed by atoms with E-state index in [1.165, 1.54) is 7.11 Å². The Morgan fingerprint density at radius 2 is 1.90 bits per heavy atom. The maximum absolute atomic E-state index is 12.4. The summed E-state index contributed by atoms with van der Waals surface area (Å²) >= 11 is 0. The number of carbonyl (C=O) groups is 2. The van der Waals surface area contributed by atoms with Crippen molar-refractivity contribution in [3.8, 4) is 11.5 Å². The minimum absolute atomic E-state index is 0.124. The number of hydrogen-bond acceptors (Lipinski definition) is 5. The maximum atomic E-state index is 12.4. The molecule has 7 nitrogen and oxygen atoms in total. The van der Waals surface area contributed by atoms with Crippen molar-refractivity contribution in [3.63, 3.8) is 0 Å². The second kappa shape index (κ2) is 8.26. The molecule has 0 bridgehead atoms. The average Bonchev–Trinajstić information content (AvgIpc) is 3.11. The molecule has 3 aromatic rings. The number of para-hydroxylation sites is 1. The zero-order chi connectivity index (χ0) is 20.2. The number of fused-ring (bicyclic) bond motifs is 2. The normalized spacial score (nSPS) is 12.6. The van der Waals surface area contributed by atoms with Gasteiger partial charge in [-0.3, -0.25) is 4.79 Å². The SMILES string of the molecule is COC(=O)c1cn(CC(=O)NCCc2ccc3c(c2)OCCO3)c2ccccc12. The van der Waals surface area contributed by atoms with Crippen LogP contribution < -0.4 is 14.8 Å². The van der Waals surface area contributed by atoms with Crippen molar-refractivity contribution in [1.29, 1.82) is 0 Å². The molecule has 7 heteroatoms. The highest BCUT2D eigenvalue weighted by Crippen LogP contribution is 2.30. The van der Waals surface area contributed by atoms with Crippen LogP contribution in [0.5, 0.6) is 11.5 Å². The smallest absolute Gasteiger partial charge is 0.340 e. The summed E-state index contributed by atoms with van der Waals surface area (Å²) in [6.07, 6.45) is 2.35. The Morgan fingerprint density at radius 3 is 2.72 bits per heavy atom. The first-order valence-electron chi connectivity index (χ1n) is 9.47. The van der Waals surface area contributed by atoms with Gasteiger partial charge in [-0.15, -0.1) is 0 Å². The van der Waals surface area contributed by atoms with Crippen molar-refractivity contribution in [1.82, 2.24) is 9.88 Å². The Kier molecular flexibility index (Phi) is 5.37. The Bertz CT molecular complexity index is 1060. The Hall–Kier alpha value is -3.48. The Morgan fingerprint density at radius 1 is 1.10 bits per heavy atom. The molecule has 0 radical (unpaired) electrons. The van der Waals surface area contributed by atoms with Crippen LogP contribution in [-0.2, 0) is 22.5 Å². The first kappa shape index (κ1) is 18.9. The summed E-state index contributed by atoms with van der Waals surface area (Å²) in [5.41, 5.74) is 2.33. The van der Waals surface area contributed by atoms with Crippen LogP contribution in [0.4, 0.5) is 0 Å². The molecule has 29 heavy (non-hydrogen) atoms. The molecule has 0 atom stereocenters. The molecule has 2 aromatic carbocycles. The zero-order valence-electron chi connectivity index (χ0n) is 16.1. The molecular formula is C22H22N2O5. The molecule has 0 aliphatic carbocycles. The van der Waals surface area contributed by atoms with Crippen molar-refractivity contribution in [2.45, 2.75) is 13.0 Å². The second-order valence-electron chi connectivity index (χ2n) is 6.76. The molecule has 150 valence electrons. The van der Waals surface area contributed by atoms with Crippen LogP contribution in [0.15, 0.2) is 48.7 Å². The van der Waals surface area contributed by atoms with Crippen molar-refractivity contribution < 1.29 is 23.8 Å². The third-order valence-electron chi connectivity index (χ3n) is 4.85. The molecule has 1 amide bonds. The standard InChI is InChI=1S/C22H22N2O5/c1-27-22(26)17-13-24(18-5-3-2-4-16(17)18)14-21(25)23-9-8-15-6-7-19-20(12-15)29-11-10-28-19/h2-7,12-13H,8-11,14H2,1H3,(H,23,25). The molecule has 4 rings (SSSR count). The van der Waals surface area contributed by atoms with Crippen LogP contribution >= 0.6 is 0 Å². The van der Waals surface area contributed by atoms with Gasteiger partial charge >= 0.3 is 5.97 Å².